The average Bonchev–Trinajstić information content (AvgIpc) is 3.29. The summed E-state index contributed by atoms with van der Waals surface area (Å²) in [4.78, 5) is 7.12. The second kappa shape index (κ2) is 5.96. The smallest absolute Gasteiger partial charge is 0.128 e. The minimum absolute atomic E-state index is 0.442. The van der Waals surface area contributed by atoms with E-state index in [1.807, 2.05) is 6.20 Å². The molecule has 1 aromatic heterocycles. The van der Waals surface area contributed by atoms with E-state index in [4.69, 9.17) is 0 Å². The first-order valence-corrected chi connectivity index (χ1v) is 8.45. The molecule has 3 nitrogen and oxygen atoms in total. The van der Waals surface area contributed by atoms with Crippen LogP contribution in [0.3, 0.4) is 0 Å². The third-order valence-electron chi connectivity index (χ3n) is 5.03. The summed E-state index contributed by atoms with van der Waals surface area (Å²) in [5.74, 6) is 1.99. The second-order valence-corrected chi connectivity index (χ2v) is 7.81. The van der Waals surface area contributed by atoms with Crippen LogP contribution in [-0.2, 0) is 6.54 Å². The second-order valence-electron chi connectivity index (χ2n) is 7.81. The van der Waals surface area contributed by atoms with Crippen molar-refractivity contribution >= 4 is 5.82 Å². The van der Waals surface area contributed by atoms with Gasteiger partial charge in [-0.1, -0.05) is 26.8 Å². The van der Waals surface area contributed by atoms with Gasteiger partial charge in [0.15, 0.2) is 0 Å². The van der Waals surface area contributed by atoms with Gasteiger partial charge < -0.3 is 10.2 Å². The van der Waals surface area contributed by atoms with Gasteiger partial charge in [-0.05, 0) is 48.6 Å². The zero-order valence-electron chi connectivity index (χ0n) is 13.7. The van der Waals surface area contributed by atoms with Crippen LogP contribution >= 0.6 is 0 Å². The monoisotopic (exact) mass is 287 g/mol. The minimum atomic E-state index is 0.442. The number of hydrogen-bond donors (Lipinski definition) is 1. The van der Waals surface area contributed by atoms with Crippen LogP contribution in [0.2, 0.25) is 0 Å². The SMILES string of the molecule is CC(C)(C)C1CCN(c2ccc(CNC3CC3)cn2)CC1. The van der Waals surface area contributed by atoms with Crippen LogP contribution in [0.1, 0.15) is 52.0 Å². The first-order chi connectivity index (χ1) is 10.0. The average molecular weight is 287 g/mol. The molecule has 1 saturated carbocycles. The summed E-state index contributed by atoms with van der Waals surface area (Å²) in [7, 11) is 0. The quantitative estimate of drug-likeness (QED) is 0.917. The Labute approximate surface area is 129 Å². The van der Waals surface area contributed by atoms with Crippen LogP contribution in [0, 0.1) is 11.3 Å². The fraction of sp³-hybridized carbons (Fsp3) is 0.722. The summed E-state index contributed by atoms with van der Waals surface area (Å²) in [6, 6.07) is 5.19. The van der Waals surface area contributed by atoms with Gasteiger partial charge in [-0.3, -0.25) is 0 Å². The van der Waals surface area contributed by atoms with Crippen molar-refractivity contribution < 1.29 is 0 Å². The number of aromatic nitrogens is 1. The molecule has 1 N–H and O–H groups in total. The lowest BCUT2D eigenvalue weighted by Crippen LogP contribution is -2.38. The number of anilines is 1. The van der Waals surface area contributed by atoms with Crippen LogP contribution in [0.5, 0.6) is 0 Å². The molecule has 1 aliphatic carbocycles. The number of nitrogens with zero attached hydrogens (tertiary/aromatic N) is 2. The maximum Gasteiger partial charge on any atom is 0.128 e. The molecule has 0 aromatic carbocycles. The van der Waals surface area contributed by atoms with Crippen LogP contribution in [0.25, 0.3) is 0 Å². The third kappa shape index (κ3) is 3.97. The fourth-order valence-corrected chi connectivity index (χ4v) is 3.23. The maximum absolute atomic E-state index is 4.67. The van der Waals surface area contributed by atoms with E-state index in [0.29, 0.717) is 5.41 Å². The number of hydrogen-bond acceptors (Lipinski definition) is 3. The van der Waals surface area contributed by atoms with E-state index < -0.39 is 0 Å². The normalized spacial score (nSPS) is 20.8. The molecule has 2 aliphatic rings. The minimum Gasteiger partial charge on any atom is -0.357 e. The van der Waals surface area contributed by atoms with E-state index in [9.17, 15) is 0 Å². The van der Waals surface area contributed by atoms with E-state index in [2.05, 4.69) is 48.1 Å². The van der Waals surface area contributed by atoms with Gasteiger partial charge in [0.2, 0.25) is 0 Å². The number of pyridine rings is 1. The van der Waals surface area contributed by atoms with Gasteiger partial charge in [0.1, 0.15) is 5.82 Å². The topological polar surface area (TPSA) is 28.2 Å². The van der Waals surface area contributed by atoms with Gasteiger partial charge in [0, 0.05) is 31.9 Å². The maximum atomic E-state index is 4.67. The summed E-state index contributed by atoms with van der Waals surface area (Å²) >= 11 is 0. The lowest BCUT2D eigenvalue weighted by Gasteiger charge is -2.39. The Bertz CT molecular complexity index is 448. The molecule has 0 amide bonds. The molecule has 0 bridgehead atoms. The molecule has 3 rings (SSSR count). The molecule has 3 heteroatoms. The first kappa shape index (κ1) is 14.8. The summed E-state index contributed by atoms with van der Waals surface area (Å²) in [6.07, 6.45) is 7.30. The van der Waals surface area contributed by atoms with Gasteiger partial charge >= 0.3 is 0 Å². The molecule has 116 valence electrons. The lowest BCUT2D eigenvalue weighted by atomic mass is 9.75. The molecule has 0 unspecified atom stereocenters. The molecule has 0 radical (unpaired) electrons. The molecular weight excluding hydrogens is 258 g/mol. The molecule has 0 spiro atoms. The van der Waals surface area contributed by atoms with Crippen molar-refractivity contribution in [2.75, 3.05) is 18.0 Å². The Kier molecular flexibility index (Phi) is 4.21. The fourth-order valence-electron chi connectivity index (χ4n) is 3.23. The van der Waals surface area contributed by atoms with Gasteiger partial charge in [-0.15, -0.1) is 0 Å². The molecule has 2 heterocycles. The highest BCUT2D eigenvalue weighted by Gasteiger charge is 2.29. The molecular formula is C18H29N3. The zero-order chi connectivity index (χ0) is 14.9. The molecule has 1 aliphatic heterocycles. The Hall–Kier alpha value is -1.09. The van der Waals surface area contributed by atoms with Crippen LogP contribution in [0.4, 0.5) is 5.82 Å². The largest absolute Gasteiger partial charge is 0.357 e. The highest BCUT2D eigenvalue weighted by atomic mass is 15.2. The molecule has 1 aromatic rings. The van der Waals surface area contributed by atoms with Crippen LogP contribution < -0.4 is 10.2 Å². The zero-order valence-corrected chi connectivity index (χ0v) is 13.7. The Balaban J connectivity index is 1.52. The highest BCUT2D eigenvalue weighted by Crippen LogP contribution is 2.35. The van der Waals surface area contributed by atoms with Crippen molar-refractivity contribution in [2.24, 2.45) is 11.3 Å². The summed E-state index contributed by atoms with van der Waals surface area (Å²) in [5.41, 5.74) is 1.74. The summed E-state index contributed by atoms with van der Waals surface area (Å²) < 4.78 is 0. The molecule has 21 heavy (non-hydrogen) atoms. The van der Waals surface area contributed by atoms with Gasteiger partial charge in [0.25, 0.3) is 0 Å². The van der Waals surface area contributed by atoms with Crippen molar-refractivity contribution in [3.8, 4) is 0 Å². The standard InChI is InChI=1S/C18H29N3/c1-18(2,3)15-8-10-21(11-9-15)17-7-4-14(13-20-17)12-19-16-5-6-16/h4,7,13,15-16,19H,5-6,8-12H2,1-3H3. The Morgan fingerprint density at radius 1 is 1.14 bits per heavy atom. The number of nitrogens with one attached hydrogen (secondary N) is 1. The van der Waals surface area contributed by atoms with Crippen molar-refractivity contribution in [3.05, 3.63) is 23.9 Å². The number of piperidine rings is 1. The van der Waals surface area contributed by atoms with Gasteiger partial charge in [-0.2, -0.15) is 0 Å². The predicted octanol–water partition coefficient (Wildman–Crippen LogP) is 3.60. The number of rotatable bonds is 4. The van der Waals surface area contributed by atoms with Crippen LogP contribution in [0.15, 0.2) is 18.3 Å². The van der Waals surface area contributed by atoms with Gasteiger partial charge in [0.05, 0.1) is 0 Å². The van der Waals surface area contributed by atoms with E-state index in [0.717, 1.165) is 37.4 Å². The van der Waals surface area contributed by atoms with Crippen LogP contribution in [-0.4, -0.2) is 24.1 Å². The van der Waals surface area contributed by atoms with E-state index in [-0.39, 0.29) is 0 Å². The Morgan fingerprint density at radius 2 is 1.86 bits per heavy atom. The van der Waals surface area contributed by atoms with E-state index in [1.54, 1.807) is 0 Å². The third-order valence-corrected chi connectivity index (χ3v) is 5.03. The first-order valence-electron chi connectivity index (χ1n) is 8.45. The van der Waals surface area contributed by atoms with Gasteiger partial charge in [-0.25, -0.2) is 4.98 Å². The molecule has 0 atom stereocenters. The summed E-state index contributed by atoms with van der Waals surface area (Å²) in [6.45, 7) is 10.4. The molecule has 1 saturated heterocycles. The van der Waals surface area contributed by atoms with Crippen molar-refractivity contribution in [1.29, 1.82) is 0 Å². The predicted molar refractivity (Wildman–Crippen MR) is 88.5 cm³/mol. The molecule has 2 fully saturated rings. The summed E-state index contributed by atoms with van der Waals surface area (Å²) in [5, 5.41) is 3.54. The van der Waals surface area contributed by atoms with E-state index in [1.165, 1.54) is 31.2 Å². The van der Waals surface area contributed by atoms with Crippen molar-refractivity contribution in [2.45, 2.75) is 59.0 Å². The van der Waals surface area contributed by atoms with E-state index >= 15 is 0 Å². The van der Waals surface area contributed by atoms with Crippen molar-refractivity contribution in [3.63, 3.8) is 0 Å². The lowest BCUT2D eigenvalue weighted by molar-refractivity contribution is 0.198. The van der Waals surface area contributed by atoms with Crippen molar-refractivity contribution in [1.82, 2.24) is 10.3 Å². The highest BCUT2D eigenvalue weighted by molar-refractivity contribution is 5.39. The Morgan fingerprint density at radius 3 is 2.38 bits per heavy atom.